The molecule has 1 heterocycles. The number of anilines is 2. The predicted octanol–water partition coefficient (Wildman–Crippen LogP) is 2.20. The molecule has 2 N–H and O–H groups in total. The average molecular weight is 309 g/mol. The minimum Gasteiger partial charge on any atom is -0.464 e. The van der Waals surface area contributed by atoms with Gasteiger partial charge in [0.2, 0.25) is 0 Å². The van der Waals surface area contributed by atoms with Crippen LogP contribution in [0.1, 0.15) is 18.5 Å². The number of carboxylic acid groups (broad SMARTS) is 1. The first-order valence-electron chi connectivity index (χ1n) is 7.55. The highest BCUT2D eigenvalue weighted by molar-refractivity contribution is 5.94. The topological polar surface area (TPSA) is 64.9 Å². The van der Waals surface area contributed by atoms with E-state index in [0.29, 0.717) is 17.9 Å². The van der Waals surface area contributed by atoms with Gasteiger partial charge in [-0.25, -0.2) is 9.69 Å². The van der Waals surface area contributed by atoms with Gasteiger partial charge in [0.05, 0.1) is 23.3 Å². The third-order valence-corrected chi connectivity index (χ3v) is 4.09. The van der Waals surface area contributed by atoms with E-state index in [9.17, 15) is 9.90 Å². The van der Waals surface area contributed by atoms with Gasteiger partial charge in [-0.2, -0.15) is 0 Å². The Bertz CT molecular complexity index is 861. The van der Waals surface area contributed by atoms with E-state index in [-0.39, 0.29) is 6.04 Å². The Morgan fingerprint density at radius 3 is 2.78 bits per heavy atom. The summed E-state index contributed by atoms with van der Waals surface area (Å²) in [6, 6.07) is 13.3. The van der Waals surface area contributed by atoms with Crippen molar-refractivity contribution >= 4 is 23.5 Å². The van der Waals surface area contributed by atoms with Gasteiger partial charge in [0, 0.05) is 6.04 Å². The predicted molar refractivity (Wildman–Crippen MR) is 90.6 cm³/mol. The summed E-state index contributed by atoms with van der Waals surface area (Å²) in [5.41, 5.74) is 2.30. The van der Waals surface area contributed by atoms with E-state index in [4.69, 9.17) is 0 Å². The Labute approximate surface area is 134 Å². The molecule has 23 heavy (non-hydrogen) atoms. The lowest BCUT2D eigenvalue weighted by molar-refractivity contribution is 0.205. The first kappa shape index (κ1) is 15.2. The maximum Gasteiger partial charge on any atom is 0.416 e. The Balaban J connectivity index is 2.07. The van der Waals surface area contributed by atoms with E-state index in [2.05, 4.69) is 10.3 Å². The minimum atomic E-state index is -1.01. The zero-order chi connectivity index (χ0) is 16.4. The van der Waals surface area contributed by atoms with Crippen LogP contribution in [-0.4, -0.2) is 24.8 Å². The van der Waals surface area contributed by atoms with Crippen LogP contribution in [0, 0.1) is 0 Å². The zero-order valence-electron chi connectivity index (χ0n) is 13.2. The van der Waals surface area contributed by atoms with Crippen molar-refractivity contribution in [3.8, 4) is 0 Å². The molecule has 1 aliphatic rings. The fraction of sp³-hybridized carbons (Fsp3) is 0.222. The van der Waals surface area contributed by atoms with E-state index < -0.39 is 6.09 Å². The van der Waals surface area contributed by atoms with E-state index in [0.717, 1.165) is 16.1 Å². The molecular weight excluding hydrogens is 290 g/mol. The maximum absolute atomic E-state index is 11.8. The number of fused-ring (bicyclic) bond motifs is 1. The van der Waals surface area contributed by atoms with Gasteiger partial charge >= 0.3 is 6.09 Å². The molecular formula is C18H19N3O2. The number of amides is 1. The van der Waals surface area contributed by atoms with Gasteiger partial charge in [0.1, 0.15) is 0 Å². The second-order valence-corrected chi connectivity index (χ2v) is 5.51. The van der Waals surface area contributed by atoms with Crippen LogP contribution in [0.2, 0.25) is 0 Å². The Morgan fingerprint density at radius 2 is 2.04 bits per heavy atom. The van der Waals surface area contributed by atoms with E-state index in [1.165, 1.54) is 4.90 Å². The summed E-state index contributed by atoms with van der Waals surface area (Å²) < 4.78 is 0. The summed E-state index contributed by atoms with van der Waals surface area (Å²) in [6.07, 6.45) is 0.993. The number of nitrogens with zero attached hydrogens (tertiary/aromatic N) is 2. The molecule has 2 aromatic carbocycles. The lowest BCUT2D eigenvalue weighted by Gasteiger charge is -2.21. The fourth-order valence-corrected chi connectivity index (χ4v) is 2.70. The standard InChI is InChI=1S/C18H19N3O2/c1-12(19-2)13-4-3-5-15(10-13)21(18(22)23)16-6-7-17-14(11-16)8-9-20-17/h3-8,10-12,19H,9H2,1-2H3,(H,22,23). The molecule has 5 heteroatoms. The third-order valence-electron chi connectivity index (χ3n) is 4.09. The van der Waals surface area contributed by atoms with Gasteiger partial charge in [-0.15, -0.1) is 0 Å². The zero-order valence-corrected chi connectivity index (χ0v) is 13.2. The van der Waals surface area contributed by atoms with E-state index >= 15 is 0 Å². The maximum atomic E-state index is 11.8. The highest BCUT2D eigenvalue weighted by Crippen LogP contribution is 2.27. The van der Waals surface area contributed by atoms with Crippen molar-refractivity contribution in [2.75, 3.05) is 18.5 Å². The summed E-state index contributed by atoms with van der Waals surface area (Å²) in [7, 11) is 1.88. The first-order valence-corrected chi connectivity index (χ1v) is 7.55. The molecule has 0 saturated carbocycles. The van der Waals surface area contributed by atoms with Crippen LogP contribution in [0.5, 0.6) is 0 Å². The lowest BCUT2D eigenvalue weighted by atomic mass is 10.1. The summed E-state index contributed by atoms with van der Waals surface area (Å²) in [6.45, 7) is 2.69. The molecule has 0 saturated heterocycles. The number of carbonyl (C=O) groups is 1. The number of hydrogen-bond donors (Lipinski definition) is 2. The van der Waals surface area contributed by atoms with Crippen molar-refractivity contribution in [3.05, 3.63) is 58.6 Å². The molecule has 1 amide bonds. The minimum absolute atomic E-state index is 0.151. The lowest BCUT2D eigenvalue weighted by Crippen LogP contribution is -2.28. The molecule has 3 rings (SSSR count). The van der Waals surface area contributed by atoms with Crippen LogP contribution < -0.4 is 20.8 Å². The molecule has 1 atom stereocenters. The number of hydrogen-bond acceptors (Lipinski definition) is 3. The van der Waals surface area contributed by atoms with Crippen LogP contribution >= 0.6 is 0 Å². The smallest absolute Gasteiger partial charge is 0.416 e. The van der Waals surface area contributed by atoms with Crippen LogP contribution in [0.4, 0.5) is 16.2 Å². The van der Waals surface area contributed by atoms with Crippen LogP contribution in [-0.2, 0) is 0 Å². The Hall–Kier alpha value is -2.66. The van der Waals surface area contributed by atoms with Gasteiger partial charge in [-0.1, -0.05) is 18.2 Å². The molecule has 0 fully saturated rings. The van der Waals surface area contributed by atoms with Gasteiger partial charge < -0.3 is 10.4 Å². The number of nitrogens with one attached hydrogen (secondary N) is 1. The largest absolute Gasteiger partial charge is 0.464 e. The fourth-order valence-electron chi connectivity index (χ4n) is 2.70. The van der Waals surface area contributed by atoms with Crippen LogP contribution in [0.25, 0.3) is 6.08 Å². The summed E-state index contributed by atoms with van der Waals surface area (Å²) in [5.74, 6) is 0. The van der Waals surface area contributed by atoms with E-state index in [1.54, 1.807) is 12.1 Å². The molecule has 0 spiro atoms. The number of rotatable bonds is 4. The molecule has 0 bridgehead atoms. The normalized spacial score (nSPS) is 13.7. The van der Waals surface area contributed by atoms with Crippen molar-refractivity contribution in [2.24, 2.45) is 4.99 Å². The van der Waals surface area contributed by atoms with Crippen molar-refractivity contribution < 1.29 is 9.90 Å². The van der Waals surface area contributed by atoms with Gasteiger partial charge in [0.25, 0.3) is 0 Å². The monoisotopic (exact) mass is 309 g/mol. The second kappa shape index (κ2) is 6.22. The highest BCUT2D eigenvalue weighted by Gasteiger charge is 2.18. The van der Waals surface area contributed by atoms with Crippen LogP contribution in [0.3, 0.4) is 0 Å². The SMILES string of the molecule is CNC(C)c1cccc(N(C(=O)O)c2ccc3c(c2)=CCN=3)c1. The molecule has 2 aromatic rings. The second-order valence-electron chi connectivity index (χ2n) is 5.51. The van der Waals surface area contributed by atoms with Gasteiger partial charge in [-0.3, -0.25) is 4.99 Å². The molecule has 5 nitrogen and oxygen atoms in total. The molecule has 0 radical (unpaired) electrons. The Kier molecular flexibility index (Phi) is 4.12. The average Bonchev–Trinajstić information content (AvgIpc) is 3.02. The summed E-state index contributed by atoms with van der Waals surface area (Å²) in [4.78, 5) is 17.5. The van der Waals surface area contributed by atoms with E-state index in [1.807, 2.05) is 50.4 Å². The Morgan fingerprint density at radius 1 is 1.26 bits per heavy atom. The molecule has 1 aliphatic heterocycles. The summed E-state index contributed by atoms with van der Waals surface area (Å²) in [5, 5.41) is 14.8. The van der Waals surface area contributed by atoms with Crippen LogP contribution in [0.15, 0.2) is 47.5 Å². The molecule has 0 aromatic heterocycles. The number of benzene rings is 2. The summed E-state index contributed by atoms with van der Waals surface area (Å²) >= 11 is 0. The van der Waals surface area contributed by atoms with Crippen molar-refractivity contribution in [1.29, 1.82) is 0 Å². The highest BCUT2D eigenvalue weighted by atomic mass is 16.4. The van der Waals surface area contributed by atoms with Crippen molar-refractivity contribution in [2.45, 2.75) is 13.0 Å². The third kappa shape index (κ3) is 2.96. The van der Waals surface area contributed by atoms with Gasteiger partial charge in [0.15, 0.2) is 0 Å². The molecule has 118 valence electrons. The van der Waals surface area contributed by atoms with Crippen molar-refractivity contribution in [3.63, 3.8) is 0 Å². The van der Waals surface area contributed by atoms with Crippen molar-refractivity contribution in [1.82, 2.24) is 5.32 Å². The first-order chi connectivity index (χ1) is 11.1. The van der Waals surface area contributed by atoms with Gasteiger partial charge in [-0.05, 0) is 55.1 Å². The molecule has 0 aliphatic carbocycles. The quantitative estimate of drug-likeness (QED) is 0.910. The molecule has 1 unspecified atom stereocenters.